The molecule has 2 heterocycles. The van der Waals surface area contributed by atoms with Crippen LogP contribution in [0.3, 0.4) is 0 Å². The topological polar surface area (TPSA) is 31.4 Å². The van der Waals surface area contributed by atoms with Crippen molar-refractivity contribution in [1.82, 2.24) is 15.2 Å². The predicted molar refractivity (Wildman–Crippen MR) is 85.3 cm³/mol. The molecule has 1 aliphatic heterocycles. The van der Waals surface area contributed by atoms with Gasteiger partial charge in [-0.2, -0.15) is 0 Å². The lowest BCUT2D eigenvalue weighted by Crippen LogP contribution is -2.51. The summed E-state index contributed by atoms with van der Waals surface area (Å²) < 4.78 is 0. The SMILES string of the molecule is Cc1cc(N2CCN(C)CC2C)c(CNC(C)C)cn1. The number of nitrogens with zero attached hydrogens (tertiary/aromatic N) is 3. The fraction of sp³-hybridized carbons (Fsp3) is 0.688. The zero-order chi connectivity index (χ0) is 14.7. The molecular weight excluding hydrogens is 248 g/mol. The Morgan fingerprint density at radius 1 is 1.40 bits per heavy atom. The van der Waals surface area contributed by atoms with E-state index in [-0.39, 0.29) is 0 Å². The van der Waals surface area contributed by atoms with Crippen molar-refractivity contribution < 1.29 is 0 Å². The Bertz CT molecular complexity index is 444. The number of likely N-dealkylation sites (N-methyl/N-ethyl adjacent to an activating group) is 1. The van der Waals surface area contributed by atoms with Crippen LogP contribution in [0.1, 0.15) is 32.0 Å². The quantitative estimate of drug-likeness (QED) is 0.912. The van der Waals surface area contributed by atoms with Crippen molar-refractivity contribution in [2.45, 2.75) is 46.3 Å². The van der Waals surface area contributed by atoms with E-state index in [1.807, 2.05) is 6.20 Å². The van der Waals surface area contributed by atoms with Gasteiger partial charge >= 0.3 is 0 Å². The van der Waals surface area contributed by atoms with Crippen molar-refractivity contribution in [2.75, 3.05) is 31.6 Å². The van der Waals surface area contributed by atoms with E-state index in [0.717, 1.165) is 31.9 Å². The number of hydrogen-bond acceptors (Lipinski definition) is 4. The molecule has 4 nitrogen and oxygen atoms in total. The fourth-order valence-corrected chi connectivity index (χ4v) is 2.79. The highest BCUT2D eigenvalue weighted by molar-refractivity contribution is 5.55. The molecule has 0 spiro atoms. The van der Waals surface area contributed by atoms with E-state index in [4.69, 9.17) is 0 Å². The summed E-state index contributed by atoms with van der Waals surface area (Å²) in [6, 6.07) is 3.28. The van der Waals surface area contributed by atoms with Crippen LogP contribution in [-0.4, -0.2) is 48.6 Å². The molecule has 1 unspecified atom stereocenters. The van der Waals surface area contributed by atoms with Crippen molar-refractivity contribution in [3.05, 3.63) is 23.5 Å². The highest BCUT2D eigenvalue weighted by Crippen LogP contribution is 2.25. The molecule has 1 aromatic rings. The van der Waals surface area contributed by atoms with Gasteiger partial charge < -0.3 is 15.1 Å². The van der Waals surface area contributed by atoms with Crippen LogP contribution >= 0.6 is 0 Å². The zero-order valence-electron chi connectivity index (χ0n) is 13.5. The first-order chi connectivity index (χ1) is 9.47. The maximum Gasteiger partial charge on any atom is 0.0448 e. The lowest BCUT2D eigenvalue weighted by molar-refractivity contribution is 0.275. The Morgan fingerprint density at radius 2 is 2.15 bits per heavy atom. The Kier molecular flexibility index (Phi) is 5.00. The Labute approximate surface area is 123 Å². The monoisotopic (exact) mass is 276 g/mol. The van der Waals surface area contributed by atoms with E-state index < -0.39 is 0 Å². The summed E-state index contributed by atoms with van der Waals surface area (Å²) in [7, 11) is 2.20. The highest BCUT2D eigenvalue weighted by Gasteiger charge is 2.23. The van der Waals surface area contributed by atoms with Crippen LogP contribution in [0.25, 0.3) is 0 Å². The largest absolute Gasteiger partial charge is 0.366 e. The molecule has 0 radical (unpaired) electrons. The first-order valence-corrected chi connectivity index (χ1v) is 7.61. The second-order valence-electron chi connectivity index (χ2n) is 6.29. The molecule has 1 atom stereocenters. The van der Waals surface area contributed by atoms with Gasteiger partial charge in [-0.25, -0.2) is 0 Å². The molecule has 1 saturated heterocycles. The second-order valence-corrected chi connectivity index (χ2v) is 6.29. The van der Waals surface area contributed by atoms with Gasteiger partial charge in [-0.05, 0) is 27.0 Å². The molecular formula is C16H28N4. The van der Waals surface area contributed by atoms with E-state index in [2.05, 4.69) is 60.9 Å². The number of rotatable bonds is 4. The molecule has 112 valence electrons. The molecule has 0 amide bonds. The third-order valence-corrected chi connectivity index (χ3v) is 3.94. The number of piperazine rings is 1. The van der Waals surface area contributed by atoms with Crippen LogP contribution in [0.15, 0.2) is 12.3 Å². The number of pyridine rings is 1. The summed E-state index contributed by atoms with van der Waals surface area (Å²) in [5.41, 5.74) is 3.76. The molecule has 2 rings (SSSR count). The van der Waals surface area contributed by atoms with Crippen LogP contribution in [0, 0.1) is 6.92 Å². The van der Waals surface area contributed by atoms with Crippen molar-refractivity contribution in [2.24, 2.45) is 0 Å². The van der Waals surface area contributed by atoms with E-state index in [1.54, 1.807) is 0 Å². The minimum atomic E-state index is 0.495. The molecule has 0 saturated carbocycles. The van der Waals surface area contributed by atoms with Crippen LogP contribution in [-0.2, 0) is 6.54 Å². The first-order valence-electron chi connectivity index (χ1n) is 7.61. The fourth-order valence-electron chi connectivity index (χ4n) is 2.79. The number of aromatic nitrogens is 1. The molecule has 0 aromatic carbocycles. The summed E-state index contributed by atoms with van der Waals surface area (Å²) in [5, 5.41) is 3.51. The summed E-state index contributed by atoms with van der Waals surface area (Å²) in [5.74, 6) is 0. The van der Waals surface area contributed by atoms with Gasteiger partial charge in [-0.1, -0.05) is 13.8 Å². The second kappa shape index (κ2) is 6.55. The van der Waals surface area contributed by atoms with Crippen molar-refractivity contribution in [3.8, 4) is 0 Å². The van der Waals surface area contributed by atoms with Gasteiger partial charge in [-0.15, -0.1) is 0 Å². The maximum atomic E-state index is 4.48. The minimum Gasteiger partial charge on any atom is -0.366 e. The molecule has 0 bridgehead atoms. The summed E-state index contributed by atoms with van der Waals surface area (Å²) >= 11 is 0. The lowest BCUT2D eigenvalue weighted by Gasteiger charge is -2.40. The highest BCUT2D eigenvalue weighted by atomic mass is 15.3. The van der Waals surface area contributed by atoms with Crippen molar-refractivity contribution in [3.63, 3.8) is 0 Å². The molecule has 4 heteroatoms. The molecule has 1 aromatic heterocycles. The molecule has 1 aliphatic rings. The van der Waals surface area contributed by atoms with Gasteiger partial charge in [0.25, 0.3) is 0 Å². The lowest BCUT2D eigenvalue weighted by atomic mass is 10.1. The van der Waals surface area contributed by atoms with Gasteiger partial charge in [-0.3, -0.25) is 4.98 Å². The molecule has 20 heavy (non-hydrogen) atoms. The van der Waals surface area contributed by atoms with E-state index in [9.17, 15) is 0 Å². The van der Waals surface area contributed by atoms with Gasteiger partial charge in [0, 0.05) is 61.4 Å². The summed E-state index contributed by atoms with van der Waals surface area (Å²) in [6.07, 6.45) is 2.03. The Balaban J connectivity index is 2.22. The summed E-state index contributed by atoms with van der Waals surface area (Å²) in [4.78, 5) is 9.41. The number of aryl methyl sites for hydroxylation is 1. The number of anilines is 1. The first kappa shape index (κ1) is 15.3. The van der Waals surface area contributed by atoms with E-state index in [1.165, 1.54) is 11.3 Å². The minimum absolute atomic E-state index is 0.495. The predicted octanol–water partition coefficient (Wildman–Crippen LogP) is 2.03. The average Bonchev–Trinajstić information content (AvgIpc) is 2.37. The van der Waals surface area contributed by atoms with Crippen LogP contribution < -0.4 is 10.2 Å². The number of hydrogen-bond donors (Lipinski definition) is 1. The van der Waals surface area contributed by atoms with Crippen LogP contribution in [0.5, 0.6) is 0 Å². The van der Waals surface area contributed by atoms with Crippen LogP contribution in [0.4, 0.5) is 5.69 Å². The zero-order valence-corrected chi connectivity index (χ0v) is 13.5. The third kappa shape index (κ3) is 3.70. The van der Waals surface area contributed by atoms with Gasteiger partial charge in [0.2, 0.25) is 0 Å². The standard InChI is InChI=1S/C16H28N4/c1-12(2)17-9-15-10-18-13(3)8-16(15)20-7-6-19(5)11-14(20)4/h8,10,12,14,17H,6-7,9,11H2,1-5H3. The van der Waals surface area contributed by atoms with Crippen LogP contribution in [0.2, 0.25) is 0 Å². The van der Waals surface area contributed by atoms with Crippen molar-refractivity contribution >= 4 is 5.69 Å². The molecule has 1 fully saturated rings. The van der Waals surface area contributed by atoms with Gasteiger partial charge in [0.1, 0.15) is 0 Å². The smallest absolute Gasteiger partial charge is 0.0448 e. The van der Waals surface area contributed by atoms with Gasteiger partial charge in [0.15, 0.2) is 0 Å². The van der Waals surface area contributed by atoms with Gasteiger partial charge in [0.05, 0.1) is 0 Å². The van der Waals surface area contributed by atoms with E-state index in [0.29, 0.717) is 12.1 Å². The molecule has 1 N–H and O–H groups in total. The molecule has 0 aliphatic carbocycles. The van der Waals surface area contributed by atoms with Crippen molar-refractivity contribution in [1.29, 1.82) is 0 Å². The summed E-state index contributed by atoms with van der Waals surface area (Å²) in [6.45, 7) is 13.0. The normalized spacial score (nSPS) is 20.7. The Morgan fingerprint density at radius 3 is 2.80 bits per heavy atom. The third-order valence-electron chi connectivity index (χ3n) is 3.94. The van der Waals surface area contributed by atoms with E-state index >= 15 is 0 Å². The Hall–Kier alpha value is -1.13. The maximum absolute atomic E-state index is 4.48. The average molecular weight is 276 g/mol. The number of nitrogens with one attached hydrogen (secondary N) is 1.